The van der Waals surface area contributed by atoms with Crippen molar-refractivity contribution >= 4 is 17.7 Å². The molecule has 4 rings (SSSR count). The lowest BCUT2D eigenvalue weighted by atomic mass is 10.2. The summed E-state index contributed by atoms with van der Waals surface area (Å²) >= 11 is 1.47. The smallest absolute Gasteiger partial charge is 0.266 e. The first-order valence-electron chi connectivity index (χ1n) is 8.94. The second kappa shape index (κ2) is 7.99. The molecule has 0 saturated carbocycles. The minimum atomic E-state index is -0.280. The summed E-state index contributed by atoms with van der Waals surface area (Å²) in [5, 5.41) is 11.6. The van der Waals surface area contributed by atoms with Crippen LogP contribution in [0.3, 0.4) is 0 Å². The molecule has 1 atom stereocenters. The molecule has 0 radical (unpaired) electrons. The topological polar surface area (TPSA) is 130 Å². The standard InChI is InChI=1S/C17H18N8O3S/c1-11-6-16(28)25-12(8-29-17(25)21-11)7-14(26)19-4-5-23-15(27)3-2-13(22-23)24-10-18-9-20-24/h2-3,6,9-10,12H,4-5,7-8H2,1H3,(H,19,26). The molecule has 12 heteroatoms. The van der Waals surface area contributed by atoms with Gasteiger partial charge in [0, 0.05) is 36.5 Å². The Hall–Kier alpha value is -3.28. The van der Waals surface area contributed by atoms with Crippen molar-refractivity contribution in [3.8, 4) is 5.82 Å². The van der Waals surface area contributed by atoms with Crippen LogP contribution < -0.4 is 16.4 Å². The van der Waals surface area contributed by atoms with Gasteiger partial charge < -0.3 is 5.32 Å². The maximum absolute atomic E-state index is 12.3. The molecule has 4 heterocycles. The van der Waals surface area contributed by atoms with Gasteiger partial charge >= 0.3 is 0 Å². The molecule has 0 fully saturated rings. The van der Waals surface area contributed by atoms with Crippen LogP contribution >= 0.6 is 11.8 Å². The van der Waals surface area contributed by atoms with Gasteiger partial charge in [0.05, 0.1) is 12.6 Å². The average molecular weight is 414 g/mol. The molecule has 1 N–H and O–H groups in total. The Balaban J connectivity index is 1.36. The Morgan fingerprint density at radius 2 is 2.17 bits per heavy atom. The highest BCUT2D eigenvalue weighted by molar-refractivity contribution is 7.99. The number of nitrogens with one attached hydrogen (secondary N) is 1. The maximum atomic E-state index is 12.3. The molecule has 1 unspecified atom stereocenters. The lowest BCUT2D eigenvalue weighted by Gasteiger charge is -2.13. The van der Waals surface area contributed by atoms with Gasteiger partial charge in [-0.15, -0.1) is 5.10 Å². The monoisotopic (exact) mass is 414 g/mol. The van der Waals surface area contributed by atoms with E-state index in [-0.39, 0.29) is 42.6 Å². The van der Waals surface area contributed by atoms with Crippen molar-refractivity contribution in [1.82, 2.24) is 39.4 Å². The highest BCUT2D eigenvalue weighted by atomic mass is 32.2. The Morgan fingerprint density at radius 1 is 1.31 bits per heavy atom. The van der Waals surface area contributed by atoms with Gasteiger partial charge in [0.25, 0.3) is 11.1 Å². The van der Waals surface area contributed by atoms with Crippen LogP contribution in [0.2, 0.25) is 0 Å². The molecule has 0 saturated heterocycles. The van der Waals surface area contributed by atoms with Crippen LogP contribution in [-0.4, -0.2) is 52.3 Å². The zero-order valence-electron chi connectivity index (χ0n) is 15.6. The summed E-state index contributed by atoms with van der Waals surface area (Å²) in [4.78, 5) is 44.7. The van der Waals surface area contributed by atoms with E-state index in [9.17, 15) is 14.4 Å². The Kier molecular flexibility index (Phi) is 5.25. The minimum Gasteiger partial charge on any atom is -0.354 e. The van der Waals surface area contributed by atoms with Crippen molar-refractivity contribution in [3.05, 3.63) is 57.3 Å². The van der Waals surface area contributed by atoms with Gasteiger partial charge in [0.1, 0.15) is 12.7 Å². The van der Waals surface area contributed by atoms with Gasteiger partial charge in [-0.2, -0.15) is 5.10 Å². The van der Waals surface area contributed by atoms with E-state index in [1.165, 1.54) is 45.9 Å². The van der Waals surface area contributed by atoms with E-state index in [2.05, 4.69) is 25.5 Å². The minimum absolute atomic E-state index is 0.143. The number of hydrogen-bond acceptors (Lipinski definition) is 8. The van der Waals surface area contributed by atoms with Crippen molar-refractivity contribution in [2.45, 2.75) is 31.1 Å². The number of aromatic nitrogens is 7. The molecule has 3 aromatic rings. The molecule has 150 valence electrons. The largest absolute Gasteiger partial charge is 0.354 e. The van der Waals surface area contributed by atoms with Gasteiger partial charge in [-0.1, -0.05) is 11.8 Å². The second-order valence-corrected chi connectivity index (χ2v) is 7.49. The van der Waals surface area contributed by atoms with Crippen LogP contribution in [0, 0.1) is 6.92 Å². The molecule has 0 bridgehead atoms. The van der Waals surface area contributed by atoms with Crippen LogP contribution in [0.25, 0.3) is 5.82 Å². The van der Waals surface area contributed by atoms with Crippen molar-refractivity contribution in [2.75, 3.05) is 12.3 Å². The third-order valence-corrected chi connectivity index (χ3v) is 5.49. The van der Waals surface area contributed by atoms with Crippen LogP contribution in [0.1, 0.15) is 18.2 Å². The molecule has 0 spiro atoms. The fraction of sp³-hybridized carbons (Fsp3) is 0.353. The normalized spacial score (nSPS) is 15.3. The van der Waals surface area contributed by atoms with E-state index in [0.29, 0.717) is 22.4 Å². The Labute approximate surface area is 168 Å². The third kappa shape index (κ3) is 4.11. The van der Waals surface area contributed by atoms with Gasteiger partial charge in [-0.25, -0.2) is 19.3 Å². The van der Waals surface area contributed by atoms with Gasteiger partial charge in [0.15, 0.2) is 11.0 Å². The van der Waals surface area contributed by atoms with E-state index in [0.717, 1.165) is 0 Å². The predicted molar refractivity (Wildman–Crippen MR) is 104 cm³/mol. The first-order valence-corrected chi connectivity index (χ1v) is 9.92. The number of fused-ring (bicyclic) bond motifs is 1. The number of carbonyl (C=O) groups is 1. The predicted octanol–water partition coefficient (Wildman–Crippen LogP) is -0.458. The first kappa shape index (κ1) is 19.1. The zero-order chi connectivity index (χ0) is 20.4. The van der Waals surface area contributed by atoms with Crippen LogP contribution in [0.15, 0.2) is 45.6 Å². The summed E-state index contributed by atoms with van der Waals surface area (Å²) in [7, 11) is 0. The molecule has 3 aromatic heterocycles. The summed E-state index contributed by atoms with van der Waals surface area (Å²) in [5.41, 5.74) is 0.248. The number of thioether (sulfide) groups is 1. The molecule has 1 amide bonds. The van der Waals surface area contributed by atoms with E-state index in [4.69, 9.17) is 0 Å². The van der Waals surface area contributed by atoms with Crippen LogP contribution in [0.5, 0.6) is 0 Å². The van der Waals surface area contributed by atoms with E-state index < -0.39 is 0 Å². The number of amides is 1. The quantitative estimate of drug-likeness (QED) is 0.537. The molecule has 0 aliphatic carbocycles. The van der Waals surface area contributed by atoms with Crippen LogP contribution in [-0.2, 0) is 11.3 Å². The number of carbonyl (C=O) groups excluding carboxylic acids is 1. The van der Waals surface area contributed by atoms with Gasteiger partial charge in [0.2, 0.25) is 5.91 Å². The second-order valence-electron chi connectivity index (χ2n) is 6.50. The number of rotatable bonds is 6. The van der Waals surface area contributed by atoms with Gasteiger partial charge in [-0.3, -0.25) is 19.0 Å². The van der Waals surface area contributed by atoms with Crippen molar-refractivity contribution in [1.29, 1.82) is 0 Å². The summed E-state index contributed by atoms with van der Waals surface area (Å²) in [6, 6.07) is 4.18. The van der Waals surface area contributed by atoms with Crippen molar-refractivity contribution in [3.63, 3.8) is 0 Å². The van der Waals surface area contributed by atoms with E-state index >= 15 is 0 Å². The fourth-order valence-electron chi connectivity index (χ4n) is 3.05. The lowest BCUT2D eigenvalue weighted by Crippen LogP contribution is -2.34. The molecule has 1 aliphatic rings. The highest BCUT2D eigenvalue weighted by Crippen LogP contribution is 2.31. The van der Waals surface area contributed by atoms with Crippen molar-refractivity contribution in [2.24, 2.45) is 0 Å². The maximum Gasteiger partial charge on any atom is 0.266 e. The Morgan fingerprint density at radius 3 is 2.97 bits per heavy atom. The summed E-state index contributed by atoms with van der Waals surface area (Å²) in [6.07, 6.45) is 3.03. The third-order valence-electron chi connectivity index (χ3n) is 4.39. The molecule has 11 nitrogen and oxygen atoms in total. The SMILES string of the molecule is Cc1cc(=O)n2c(n1)SCC2CC(=O)NCCn1nc(-n2cncn2)ccc1=O. The summed E-state index contributed by atoms with van der Waals surface area (Å²) < 4.78 is 4.28. The Bertz CT molecular complexity index is 1150. The summed E-state index contributed by atoms with van der Waals surface area (Å²) in [5.74, 6) is 0.881. The summed E-state index contributed by atoms with van der Waals surface area (Å²) in [6.45, 7) is 2.22. The van der Waals surface area contributed by atoms with Crippen LogP contribution in [0.4, 0.5) is 0 Å². The molecule has 29 heavy (non-hydrogen) atoms. The molecule has 0 aromatic carbocycles. The fourth-order valence-corrected chi connectivity index (χ4v) is 4.24. The average Bonchev–Trinajstić information content (AvgIpc) is 3.34. The number of hydrogen-bond donors (Lipinski definition) is 1. The molecular weight excluding hydrogens is 396 g/mol. The first-order chi connectivity index (χ1) is 14.0. The van der Waals surface area contributed by atoms with Gasteiger partial charge in [-0.05, 0) is 13.0 Å². The number of aryl methyl sites for hydroxylation is 1. The van der Waals surface area contributed by atoms with E-state index in [1.54, 1.807) is 17.6 Å². The molecular formula is C17H18N8O3S. The molecule has 1 aliphatic heterocycles. The van der Waals surface area contributed by atoms with E-state index in [1.807, 2.05) is 0 Å². The number of nitrogens with zero attached hydrogens (tertiary/aromatic N) is 7. The lowest BCUT2D eigenvalue weighted by molar-refractivity contribution is -0.121. The zero-order valence-corrected chi connectivity index (χ0v) is 16.4. The van der Waals surface area contributed by atoms with Crippen molar-refractivity contribution < 1.29 is 4.79 Å². The highest BCUT2D eigenvalue weighted by Gasteiger charge is 2.27.